The third-order valence-electron chi connectivity index (χ3n) is 5.02. The highest BCUT2D eigenvalue weighted by Gasteiger charge is 2.37. The summed E-state index contributed by atoms with van der Waals surface area (Å²) in [6.45, 7) is 0. The second kappa shape index (κ2) is 5.72. The molecular weight excluding hydrogens is 356 g/mol. The normalized spacial score (nSPS) is 15.3. The SMILES string of the molecule is O=C1C(O)=C(c2c[nH]c3ccccc23)C(=O)C(O)=C1c1cc2ccccc2[nH]1. The molecule has 4 aromatic rings. The quantitative estimate of drug-likeness (QED) is 0.400. The van der Waals surface area contributed by atoms with E-state index in [9.17, 15) is 19.8 Å². The maximum atomic E-state index is 12.9. The van der Waals surface area contributed by atoms with Gasteiger partial charge in [0.25, 0.3) is 0 Å². The number of benzene rings is 2. The Bertz CT molecular complexity index is 1330. The average Bonchev–Trinajstić information content (AvgIpc) is 3.31. The molecule has 0 saturated heterocycles. The highest BCUT2D eigenvalue weighted by atomic mass is 16.3. The number of hydrogen-bond donors (Lipinski definition) is 4. The van der Waals surface area contributed by atoms with E-state index in [2.05, 4.69) is 9.97 Å². The molecule has 0 radical (unpaired) electrons. The fraction of sp³-hybridized carbons (Fsp3) is 0. The number of aromatic nitrogens is 2. The van der Waals surface area contributed by atoms with Crippen molar-refractivity contribution in [1.29, 1.82) is 0 Å². The van der Waals surface area contributed by atoms with Crippen molar-refractivity contribution in [2.45, 2.75) is 0 Å². The summed E-state index contributed by atoms with van der Waals surface area (Å²) in [5.41, 5.74) is 1.71. The first-order valence-electron chi connectivity index (χ1n) is 8.66. The molecule has 5 rings (SSSR count). The van der Waals surface area contributed by atoms with Crippen LogP contribution in [0.2, 0.25) is 0 Å². The lowest BCUT2D eigenvalue weighted by atomic mass is 9.88. The predicted octanol–water partition coefficient (Wildman–Crippen LogP) is 4.04. The van der Waals surface area contributed by atoms with Crippen molar-refractivity contribution in [3.63, 3.8) is 0 Å². The molecule has 0 aliphatic heterocycles. The number of H-pyrrole nitrogens is 2. The van der Waals surface area contributed by atoms with Crippen molar-refractivity contribution in [2.75, 3.05) is 0 Å². The minimum Gasteiger partial charge on any atom is -0.504 e. The van der Waals surface area contributed by atoms with E-state index in [1.807, 2.05) is 36.4 Å². The van der Waals surface area contributed by atoms with Gasteiger partial charge in [-0.2, -0.15) is 0 Å². The molecule has 4 N–H and O–H groups in total. The number of aliphatic hydroxyl groups is 2. The summed E-state index contributed by atoms with van der Waals surface area (Å²) in [7, 11) is 0. The van der Waals surface area contributed by atoms with Gasteiger partial charge >= 0.3 is 0 Å². The van der Waals surface area contributed by atoms with Crippen LogP contribution in [0.4, 0.5) is 0 Å². The third kappa shape index (κ3) is 2.15. The van der Waals surface area contributed by atoms with Gasteiger partial charge in [-0.05, 0) is 18.2 Å². The molecule has 0 unspecified atom stereocenters. The zero-order chi connectivity index (χ0) is 19.4. The lowest BCUT2D eigenvalue weighted by Crippen LogP contribution is -2.22. The van der Waals surface area contributed by atoms with E-state index in [4.69, 9.17) is 0 Å². The number of para-hydroxylation sites is 2. The minimum atomic E-state index is -0.802. The standard InChI is InChI=1S/C22H14N2O4/c25-19-17(13-10-23-15-8-4-2-6-12(13)15)20(26)22(28)18(21(19)27)16-9-11-5-1-3-7-14(11)24-16/h1-10,23-25,28H. The highest BCUT2D eigenvalue weighted by molar-refractivity contribution is 6.47. The Morgan fingerprint density at radius 3 is 2.18 bits per heavy atom. The summed E-state index contributed by atoms with van der Waals surface area (Å²) in [6, 6.07) is 16.2. The number of carbonyl (C=O) groups excluding carboxylic acids is 2. The first kappa shape index (κ1) is 16.1. The molecule has 0 spiro atoms. The number of nitrogens with one attached hydrogen (secondary N) is 2. The number of carbonyl (C=O) groups is 2. The van der Waals surface area contributed by atoms with Crippen molar-refractivity contribution >= 4 is 44.5 Å². The van der Waals surface area contributed by atoms with E-state index in [-0.39, 0.29) is 16.8 Å². The summed E-state index contributed by atoms with van der Waals surface area (Å²) >= 11 is 0. The van der Waals surface area contributed by atoms with Crippen LogP contribution in [0.25, 0.3) is 33.0 Å². The Hall–Kier alpha value is -4.06. The zero-order valence-corrected chi connectivity index (χ0v) is 14.5. The second-order valence-corrected chi connectivity index (χ2v) is 6.62. The van der Waals surface area contributed by atoms with E-state index in [1.165, 1.54) is 0 Å². The minimum absolute atomic E-state index is 0.209. The Kier molecular flexibility index (Phi) is 3.30. The molecule has 2 aromatic heterocycles. The highest BCUT2D eigenvalue weighted by Crippen LogP contribution is 2.36. The van der Waals surface area contributed by atoms with Gasteiger partial charge in [0, 0.05) is 33.6 Å². The lowest BCUT2D eigenvalue weighted by Gasteiger charge is -2.17. The van der Waals surface area contributed by atoms with Crippen molar-refractivity contribution in [2.24, 2.45) is 0 Å². The topological polar surface area (TPSA) is 106 Å². The van der Waals surface area contributed by atoms with Gasteiger partial charge < -0.3 is 20.2 Å². The molecule has 28 heavy (non-hydrogen) atoms. The van der Waals surface area contributed by atoms with Gasteiger partial charge in [0.1, 0.15) is 0 Å². The smallest absolute Gasteiger partial charge is 0.234 e. The van der Waals surface area contributed by atoms with Crippen LogP contribution in [-0.2, 0) is 9.59 Å². The molecule has 0 atom stereocenters. The van der Waals surface area contributed by atoms with Gasteiger partial charge in [-0.1, -0.05) is 36.4 Å². The zero-order valence-electron chi connectivity index (χ0n) is 14.5. The predicted molar refractivity (Wildman–Crippen MR) is 106 cm³/mol. The van der Waals surface area contributed by atoms with Gasteiger partial charge in [0.2, 0.25) is 11.6 Å². The number of aromatic amines is 2. The van der Waals surface area contributed by atoms with Crippen LogP contribution >= 0.6 is 0 Å². The molecule has 0 saturated carbocycles. The van der Waals surface area contributed by atoms with Crippen molar-refractivity contribution in [3.8, 4) is 0 Å². The van der Waals surface area contributed by atoms with Crippen LogP contribution in [0.5, 0.6) is 0 Å². The Labute approximate surface area is 158 Å². The fourth-order valence-electron chi connectivity index (χ4n) is 3.67. The Morgan fingerprint density at radius 2 is 1.39 bits per heavy atom. The molecule has 6 heteroatoms. The van der Waals surface area contributed by atoms with Crippen molar-refractivity contribution in [3.05, 3.63) is 83.6 Å². The van der Waals surface area contributed by atoms with E-state index in [0.29, 0.717) is 10.9 Å². The van der Waals surface area contributed by atoms with Gasteiger partial charge in [-0.15, -0.1) is 0 Å². The molecule has 0 bridgehead atoms. The number of rotatable bonds is 2. The van der Waals surface area contributed by atoms with E-state index in [0.717, 1.165) is 16.4 Å². The number of fused-ring (bicyclic) bond motifs is 2. The molecule has 1 aliphatic rings. The summed E-state index contributed by atoms with van der Waals surface area (Å²) in [5, 5.41) is 22.7. The molecule has 136 valence electrons. The van der Waals surface area contributed by atoms with E-state index in [1.54, 1.807) is 24.4 Å². The molecule has 1 aliphatic carbocycles. The van der Waals surface area contributed by atoms with Crippen molar-refractivity contribution < 1.29 is 19.8 Å². The maximum Gasteiger partial charge on any atom is 0.234 e. The second-order valence-electron chi connectivity index (χ2n) is 6.62. The fourth-order valence-corrected chi connectivity index (χ4v) is 3.67. The number of hydrogen-bond acceptors (Lipinski definition) is 4. The third-order valence-corrected chi connectivity index (χ3v) is 5.02. The summed E-state index contributed by atoms with van der Waals surface area (Å²) in [6.07, 6.45) is 1.54. The summed E-state index contributed by atoms with van der Waals surface area (Å²) in [4.78, 5) is 31.8. The molecular formula is C22H14N2O4. The van der Waals surface area contributed by atoms with Crippen LogP contribution in [0.1, 0.15) is 11.3 Å². The van der Waals surface area contributed by atoms with Crippen LogP contribution < -0.4 is 0 Å². The van der Waals surface area contributed by atoms with Crippen LogP contribution in [0, 0.1) is 0 Å². The summed E-state index contributed by atoms with van der Waals surface area (Å²) < 4.78 is 0. The average molecular weight is 370 g/mol. The monoisotopic (exact) mass is 370 g/mol. The number of aliphatic hydroxyl groups excluding tert-OH is 2. The number of ketones is 2. The Balaban J connectivity index is 1.68. The van der Waals surface area contributed by atoms with E-state index < -0.39 is 23.1 Å². The van der Waals surface area contributed by atoms with Gasteiger partial charge in [0.15, 0.2) is 11.5 Å². The number of allylic oxidation sites excluding steroid dienone is 2. The lowest BCUT2D eigenvalue weighted by molar-refractivity contribution is -0.116. The van der Waals surface area contributed by atoms with Crippen LogP contribution in [0.3, 0.4) is 0 Å². The largest absolute Gasteiger partial charge is 0.504 e. The molecule has 0 amide bonds. The van der Waals surface area contributed by atoms with Crippen molar-refractivity contribution in [1.82, 2.24) is 9.97 Å². The summed E-state index contributed by atoms with van der Waals surface area (Å²) in [5.74, 6) is -2.96. The molecule has 6 nitrogen and oxygen atoms in total. The van der Waals surface area contributed by atoms with Crippen LogP contribution in [-0.4, -0.2) is 31.7 Å². The first-order valence-corrected chi connectivity index (χ1v) is 8.66. The number of Topliss-reactive ketones (excluding diaryl/α,β-unsaturated/α-hetero) is 2. The van der Waals surface area contributed by atoms with E-state index >= 15 is 0 Å². The molecule has 2 heterocycles. The van der Waals surface area contributed by atoms with Gasteiger partial charge in [0.05, 0.1) is 16.8 Å². The van der Waals surface area contributed by atoms with Crippen LogP contribution in [0.15, 0.2) is 72.3 Å². The first-order chi connectivity index (χ1) is 13.6. The molecule has 2 aromatic carbocycles. The Morgan fingerprint density at radius 1 is 0.750 bits per heavy atom. The van der Waals surface area contributed by atoms with Gasteiger partial charge in [-0.3, -0.25) is 9.59 Å². The molecule has 0 fully saturated rings. The maximum absolute atomic E-state index is 12.9. The van der Waals surface area contributed by atoms with Gasteiger partial charge in [-0.25, -0.2) is 0 Å².